The lowest BCUT2D eigenvalue weighted by molar-refractivity contribution is -0.142. The molecule has 2 amide bonds. The van der Waals surface area contributed by atoms with Crippen LogP contribution in [-0.2, 0) is 24.5 Å². The van der Waals surface area contributed by atoms with E-state index >= 15 is 0 Å². The van der Waals surface area contributed by atoms with Crippen molar-refractivity contribution in [2.75, 3.05) is 58.9 Å². The topological polar surface area (TPSA) is 134 Å². The van der Waals surface area contributed by atoms with Gasteiger partial charge in [-0.15, -0.1) is 0 Å². The van der Waals surface area contributed by atoms with Crippen molar-refractivity contribution >= 4 is 23.9 Å². The second kappa shape index (κ2) is 20.1. The number of Topliss-reactive ketones (excluding diaryl/α,β-unsaturated/α-hetero) is 1. The molecular weight excluding hydrogens is 610 g/mol. The van der Waals surface area contributed by atoms with Gasteiger partial charge >= 0.3 is 0 Å². The molecule has 1 aromatic heterocycles. The van der Waals surface area contributed by atoms with Crippen molar-refractivity contribution < 1.29 is 29.0 Å². The largest absolute Gasteiger partial charge is 0.390 e. The van der Waals surface area contributed by atoms with Crippen LogP contribution in [0.2, 0.25) is 0 Å². The highest BCUT2D eigenvalue weighted by atomic mass is 16.5. The van der Waals surface area contributed by atoms with Crippen molar-refractivity contribution in [2.24, 2.45) is 17.8 Å². The number of amides is 2. The van der Waals surface area contributed by atoms with Gasteiger partial charge in [0.05, 0.1) is 22.7 Å². The van der Waals surface area contributed by atoms with E-state index in [0.29, 0.717) is 75.8 Å². The van der Waals surface area contributed by atoms with Crippen LogP contribution in [0.4, 0.5) is 5.82 Å². The van der Waals surface area contributed by atoms with Crippen molar-refractivity contribution in [1.29, 1.82) is 0 Å². The molecule has 2 N–H and O–H groups in total. The number of methoxy groups -OCH3 is 2. The lowest BCUT2D eigenvalue weighted by atomic mass is 9.84. The number of carbonyl (C=O) groups excluding carboxylic acids is 3. The lowest BCUT2D eigenvalue weighted by Crippen LogP contribution is -2.51. The molecule has 2 fully saturated rings. The third-order valence-corrected chi connectivity index (χ3v) is 8.70. The minimum Gasteiger partial charge on any atom is -0.390 e. The average molecular weight is 678 g/mol. The van der Waals surface area contributed by atoms with Crippen LogP contribution in [-0.4, -0.2) is 108 Å². The molecule has 1 aromatic rings. The molecule has 2 aliphatic heterocycles. The van der Waals surface area contributed by atoms with Gasteiger partial charge < -0.3 is 29.7 Å². The third kappa shape index (κ3) is 16.2. The van der Waals surface area contributed by atoms with E-state index in [1.807, 2.05) is 41.5 Å². The first kappa shape index (κ1) is 43.4. The van der Waals surface area contributed by atoms with E-state index < -0.39 is 5.60 Å². The van der Waals surface area contributed by atoms with Crippen molar-refractivity contribution in [1.82, 2.24) is 19.8 Å². The first-order valence-electron chi connectivity index (χ1n) is 17.7. The molecule has 0 radical (unpaired) electrons. The minimum absolute atomic E-state index is 0.00198. The molecule has 0 spiro atoms. The molecule has 2 atom stereocenters. The Labute approximate surface area is 290 Å². The summed E-state index contributed by atoms with van der Waals surface area (Å²) < 4.78 is 10.1. The molecule has 2 unspecified atom stereocenters. The maximum atomic E-state index is 13.5. The number of piperidine rings is 2. The maximum absolute atomic E-state index is 13.5. The predicted octanol–water partition coefficient (Wildman–Crippen LogP) is 5.75. The number of hydrogen-bond donors (Lipinski definition) is 2. The molecular formula is C37H67N5O6. The monoisotopic (exact) mass is 678 g/mol. The Morgan fingerprint density at radius 2 is 1.71 bits per heavy atom. The smallest absolute Gasteiger partial charge is 0.227 e. The van der Waals surface area contributed by atoms with Crippen LogP contribution in [0.5, 0.6) is 0 Å². The van der Waals surface area contributed by atoms with E-state index in [0.717, 1.165) is 18.7 Å². The molecule has 11 nitrogen and oxygen atoms in total. The van der Waals surface area contributed by atoms with E-state index in [4.69, 9.17) is 9.47 Å². The quantitative estimate of drug-likeness (QED) is 0.171. The van der Waals surface area contributed by atoms with Gasteiger partial charge in [-0.2, -0.15) is 0 Å². The SMILES string of the molecule is CCC(C)C.COC(C)(C)C.COCCCNc1nc(C(C)(C)C)ncc1C(=O)CC1CC(C(=O)N2CCC(C)(O)CC2)CN(C=O)C1. The number of likely N-dealkylation sites (tertiary alicyclic amines) is 2. The summed E-state index contributed by atoms with van der Waals surface area (Å²) in [5.74, 6) is 1.44. The molecule has 3 heterocycles. The van der Waals surface area contributed by atoms with E-state index in [-0.39, 0.29) is 41.0 Å². The number of nitrogens with one attached hydrogen (secondary N) is 1. The van der Waals surface area contributed by atoms with Crippen LogP contribution < -0.4 is 5.32 Å². The van der Waals surface area contributed by atoms with Crippen molar-refractivity contribution in [3.8, 4) is 0 Å². The van der Waals surface area contributed by atoms with Gasteiger partial charge in [-0.05, 0) is 65.2 Å². The van der Waals surface area contributed by atoms with E-state index in [1.165, 1.54) is 6.42 Å². The van der Waals surface area contributed by atoms with Gasteiger partial charge in [-0.25, -0.2) is 9.97 Å². The predicted molar refractivity (Wildman–Crippen MR) is 192 cm³/mol. The normalized spacial score (nSPS) is 19.5. The van der Waals surface area contributed by atoms with Gasteiger partial charge in [-0.1, -0.05) is 48.0 Å². The molecule has 2 aliphatic rings. The number of ketones is 1. The zero-order chi connectivity index (χ0) is 36.7. The summed E-state index contributed by atoms with van der Waals surface area (Å²) in [7, 11) is 3.36. The standard InChI is InChI=1S/C27H43N5O5.C5H12O.C5H12/c1-26(2,3)25-29-15-21(23(30-25)28-9-6-12-37-5)22(34)14-19-13-20(17-31(16-19)18-33)24(35)32-10-7-27(4,36)8-11-32;1-5(2,3)6-4;1-4-5(2)3/h15,18-20,36H,6-14,16-17H2,1-5H3,(H,28,29,30);1-4H3;5H,4H2,1-3H3. The second-order valence-corrected chi connectivity index (χ2v) is 15.9. The Balaban J connectivity index is 0.000000902. The van der Waals surface area contributed by atoms with Crippen LogP contribution in [0.1, 0.15) is 124 Å². The fourth-order valence-electron chi connectivity index (χ4n) is 5.00. The fraction of sp³-hybridized carbons (Fsp3) is 0.811. The van der Waals surface area contributed by atoms with Crippen LogP contribution >= 0.6 is 0 Å². The first-order valence-corrected chi connectivity index (χ1v) is 17.7. The van der Waals surface area contributed by atoms with E-state index in [9.17, 15) is 19.5 Å². The third-order valence-electron chi connectivity index (χ3n) is 8.70. The number of hydrogen-bond acceptors (Lipinski definition) is 9. The molecule has 3 rings (SSSR count). The summed E-state index contributed by atoms with van der Waals surface area (Å²) >= 11 is 0. The van der Waals surface area contributed by atoms with Gasteiger partial charge in [0, 0.05) is 71.6 Å². The summed E-state index contributed by atoms with van der Waals surface area (Å²) in [4.78, 5) is 50.9. The number of aromatic nitrogens is 2. The molecule has 0 aromatic carbocycles. The Morgan fingerprint density at radius 3 is 2.19 bits per heavy atom. The zero-order valence-corrected chi connectivity index (χ0v) is 32.1. The molecule has 11 heteroatoms. The molecule has 2 saturated heterocycles. The Morgan fingerprint density at radius 1 is 1.12 bits per heavy atom. The van der Waals surface area contributed by atoms with Crippen LogP contribution in [0, 0.1) is 17.8 Å². The van der Waals surface area contributed by atoms with Gasteiger partial charge in [0.25, 0.3) is 0 Å². The highest BCUT2D eigenvalue weighted by molar-refractivity contribution is 6.00. The van der Waals surface area contributed by atoms with Crippen LogP contribution in [0.15, 0.2) is 6.20 Å². The number of rotatable bonds is 11. The maximum Gasteiger partial charge on any atom is 0.227 e. The molecule has 276 valence electrons. The first-order chi connectivity index (χ1) is 22.3. The van der Waals surface area contributed by atoms with Crippen molar-refractivity contribution in [3.63, 3.8) is 0 Å². The van der Waals surface area contributed by atoms with Crippen LogP contribution in [0.3, 0.4) is 0 Å². The number of carbonyl (C=O) groups is 3. The van der Waals surface area contributed by atoms with Crippen molar-refractivity contribution in [3.05, 3.63) is 17.6 Å². The van der Waals surface area contributed by atoms with E-state index in [2.05, 4.69) is 36.1 Å². The average Bonchev–Trinajstić information content (AvgIpc) is 3.02. The zero-order valence-electron chi connectivity index (χ0n) is 32.1. The van der Waals surface area contributed by atoms with Gasteiger partial charge in [0.15, 0.2) is 5.78 Å². The lowest BCUT2D eigenvalue weighted by Gasteiger charge is -2.40. The minimum atomic E-state index is -0.743. The fourth-order valence-corrected chi connectivity index (χ4v) is 5.00. The summed E-state index contributed by atoms with van der Waals surface area (Å²) in [6.45, 7) is 23.6. The number of aliphatic hydroxyl groups is 1. The number of anilines is 1. The Bertz CT molecular complexity index is 1120. The number of ether oxygens (including phenoxy) is 2. The summed E-state index contributed by atoms with van der Waals surface area (Å²) in [6, 6.07) is 0. The Hall–Kier alpha value is -2.63. The summed E-state index contributed by atoms with van der Waals surface area (Å²) in [6.07, 6.45) is 6.25. The van der Waals surface area contributed by atoms with Gasteiger partial charge in [-0.3, -0.25) is 14.4 Å². The van der Waals surface area contributed by atoms with E-state index in [1.54, 1.807) is 37.1 Å². The molecule has 48 heavy (non-hydrogen) atoms. The van der Waals surface area contributed by atoms with Gasteiger partial charge in [0.1, 0.15) is 11.6 Å². The van der Waals surface area contributed by atoms with Crippen LogP contribution in [0.25, 0.3) is 0 Å². The molecule has 0 saturated carbocycles. The molecule has 0 aliphatic carbocycles. The molecule has 0 bridgehead atoms. The highest BCUT2D eigenvalue weighted by Gasteiger charge is 2.37. The van der Waals surface area contributed by atoms with Crippen molar-refractivity contribution in [2.45, 2.75) is 124 Å². The Kier molecular flexibility index (Phi) is 18.2. The highest BCUT2D eigenvalue weighted by Crippen LogP contribution is 2.30. The van der Waals surface area contributed by atoms with Gasteiger partial charge in [0.2, 0.25) is 12.3 Å². The number of nitrogens with zero attached hydrogens (tertiary/aromatic N) is 4. The summed E-state index contributed by atoms with van der Waals surface area (Å²) in [5.41, 5.74) is -0.546. The second-order valence-electron chi connectivity index (χ2n) is 15.9. The summed E-state index contributed by atoms with van der Waals surface area (Å²) in [5, 5.41) is 13.5.